The van der Waals surface area contributed by atoms with Crippen LogP contribution in [-0.2, 0) is 11.2 Å². The summed E-state index contributed by atoms with van der Waals surface area (Å²) in [5.74, 6) is 0.919. The van der Waals surface area contributed by atoms with Gasteiger partial charge in [-0.2, -0.15) is 0 Å². The summed E-state index contributed by atoms with van der Waals surface area (Å²) in [6.07, 6.45) is 1.80. The van der Waals surface area contributed by atoms with Crippen LogP contribution in [0.2, 0.25) is 0 Å². The van der Waals surface area contributed by atoms with Crippen LogP contribution >= 0.6 is 15.9 Å². The number of carbonyl (C=O) groups excluding carboxylic acids is 1. The minimum atomic E-state index is 0.113. The summed E-state index contributed by atoms with van der Waals surface area (Å²) < 4.78 is 6.09. The van der Waals surface area contributed by atoms with Gasteiger partial charge in [0.15, 0.2) is 0 Å². The average Bonchev–Trinajstić information content (AvgIpc) is 2.45. The summed E-state index contributed by atoms with van der Waals surface area (Å²) in [5.41, 5.74) is 1.10. The van der Waals surface area contributed by atoms with Crippen LogP contribution in [0.5, 0.6) is 5.75 Å². The van der Waals surface area contributed by atoms with Crippen molar-refractivity contribution < 1.29 is 14.6 Å². The van der Waals surface area contributed by atoms with Crippen LogP contribution < -0.4 is 4.74 Å². The summed E-state index contributed by atoms with van der Waals surface area (Å²) in [4.78, 5) is 14.1. The first-order chi connectivity index (χ1) is 9.99. The van der Waals surface area contributed by atoms with Gasteiger partial charge in [-0.15, -0.1) is 0 Å². The molecule has 0 aromatic heterocycles. The molecule has 0 bridgehead atoms. The largest absolute Gasteiger partial charge is 0.496 e. The number of hydrogen-bond donors (Lipinski definition) is 1. The predicted octanol–water partition coefficient (Wildman–Crippen LogP) is 3.01. The number of methoxy groups -OCH3 is 1. The summed E-state index contributed by atoms with van der Waals surface area (Å²) in [6.45, 7) is 4.72. The second-order valence-electron chi connectivity index (χ2n) is 5.23. The Morgan fingerprint density at radius 2 is 2.14 bits per heavy atom. The minimum absolute atomic E-state index is 0.113. The number of carbonyl (C=O) groups is 1. The molecule has 0 aliphatic heterocycles. The monoisotopic (exact) mass is 357 g/mol. The molecule has 0 fully saturated rings. The Hall–Kier alpha value is -1.07. The van der Waals surface area contributed by atoms with E-state index in [-0.39, 0.29) is 18.6 Å². The number of benzene rings is 1. The van der Waals surface area contributed by atoms with Gasteiger partial charge in [-0.1, -0.05) is 6.07 Å². The van der Waals surface area contributed by atoms with Gasteiger partial charge in [0.1, 0.15) is 5.75 Å². The summed E-state index contributed by atoms with van der Waals surface area (Å²) in [5, 5.41) is 8.91. The zero-order chi connectivity index (χ0) is 15.8. The van der Waals surface area contributed by atoms with E-state index in [2.05, 4.69) is 15.9 Å². The number of aryl methyl sites for hydroxylation is 1. The third kappa shape index (κ3) is 5.67. The minimum Gasteiger partial charge on any atom is -0.496 e. The molecule has 0 saturated carbocycles. The van der Waals surface area contributed by atoms with Crippen molar-refractivity contribution in [2.45, 2.75) is 39.2 Å². The molecule has 0 aliphatic carbocycles. The van der Waals surface area contributed by atoms with Gasteiger partial charge in [0.2, 0.25) is 5.91 Å². The standard InChI is InChI=1S/C16H24BrNO3/c1-12(2)18(9-4-10-19)16(20)8-6-13-5-7-15(21-3)14(17)11-13/h5,7,11-12,19H,4,6,8-10H2,1-3H3. The Bertz CT molecular complexity index is 463. The average molecular weight is 358 g/mol. The van der Waals surface area contributed by atoms with E-state index >= 15 is 0 Å². The van der Waals surface area contributed by atoms with E-state index in [0.717, 1.165) is 15.8 Å². The Morgan fingerprint density at radius 3 is 2.67 bits per heavy atom. The Morgan fingerprint density at radius 1 is 1.43 bits per heavy atom. The highest BCUT2D eigenvalue weighted by Crippen LogP contribution is 2.26. The van der Waals surface area contributed by atoms with Gasteiger partial charge in [-0.25, -0.2) is 0 Å². The molecule has 1 rings (SSSR count). The molecule has 0 unspecified atom stereocenters. The molecule has 1 amide bonds. The number of rotatable bonds is 8. The number of ether oxygens (including phenoxy) is 1. The summed E-state index contributed by atoms with van der Waals surface area (Å²) in [7, 11) is 1.63. The van der Waals surface area contributed by atoms with Crippen LogP contribution in [0, 0.1) is 0 Å². The molecule has 4 nitrogen and oxygen atoms in total. The molecule has 1 N–H and O–H groups in total. The van der Waals surface area contributed by atoms with Crippen molar-refractivity contribution in [1.29, 1.82) is 0 Å². The van der Waals surface area contributed by atoms with Crippen molar-refractivity contribution in [1.82, 2.24) is 4.90 Å². The molecular weight excluding hydrogens is 334 g/mol. The van der Waals surface area contributed by atoms with E-state index in [1.807, 2.05) is 36.9 Å². The van der Waals surface area contributed by atoms with Crippen molar-refractivity contribution in [3.63, 3.8) is 0 Å². The molecule has 21 heavy (non-hydrogen) atoms. The van der Waals surface area contributed by atoms with Crippen LogP contribution in [0.25, 0.3) is 0 Å². The Labute approximate surface area is 135 Å². The van der Waals surface area contributed by atoms with Crippen molar-refractivity contribution in [3.8, 4) is 5.75 Å². The Balaban J connectivity index is 2.60. The number of amides is 1. The second-order valence-corrected chi connectivity index (χ2v) is 6.08. The molecule has 0 saturated heterocycles. The van der Waals surface area contributed by atoms with Crippen molar-refractivity contribution in [3.05, 3.63) is 28.2 Å². The second kappa shape index (κ2) is 9.05. The van der Waals surface area contributed by atoms with E-state index < -0.39 is 0 Å². The van der Waals surface area contributed by atoms with E-state index in [1.54, 1.807) is 7.11 Å². The van der Waals surface area contributed by atoms with E-state index in [9.17, 15) is 4.79 Å². The van der Waals surface area contributed by atoms with Gasteiger partial charge in [-0.3, -0.25) is 4.79 Å². The fourth-order valence-electron chi connectivity index (χ4n) is 2.17. The third-order valence-electron chi connectivity index (χ3n) is 3.34. The predicted molar refractivity (Wildman–Crippen MR) is 87.6 cm³/mol. The molecule has 0 heterocycles. The first-order valence-electron chi connectivity index (χ1n) is 7.22. The lowest BCUT2D eigenvalue weighted by Crippen LogP contribution is -2.38. The van der Waals surface area contributed by atoms with Gasteiger partial charge in [-0.05, 0) is 60.3 Å². The highest BCUT2D eigenvalue weighted by atomic mass is 79.9. The fraction of sp³-hybridized carbons (Fsp3) is 0.562. The van der Waals surface area contributed by atoms with Crippen LogP contribution in [0.4, 0.5) is 0 Å². The highest BCUT2D eigenvalue weighted by molar-refractivity contribution is 9.10. The van der Waals surface area contributed by atoms with Gasteiger partial charge in [0.25, 0.3) is 0 Å². The lowest BCUT2D eigenvalue weighted by molar-refractivity contribution is -0.133. The van der Waals surface area contributed by atoms with Gasteiger partial charge in [0.05, 0.1) is 11.6 Å². The van der Waals surface area contributed by atoms with Gasteiger partial charge >= 0.3 is 0 Å². The van der Waals surface area contributed by atoms with E-state index in [0.29, 0.717) is 25.8 Å². The molecule has 118 valence electrons. The SMILES string of the molecule is COc1ccc(CCC(=O)N(CCCO)C(C)C)cc1Br. The molecule has 0 spiro atoms. The van der Waals surface area contributed by atoms with Crippen molar-refractivity contribution in [2.24, 2.45) is 0 Å². The Kier molecular flexibility index (Phi) is 7.75. The lowest BCUT2D eigenvalue weighted by Gasteiger charge is -2.26. The number of hydrogen-bond acceptors (Lipinski definition) is 3. The van der Waals surface area contributed by atoms with Gasteiger partial charge in [0, 0.05) is 25.6 Å². The van der Waals surface area contributed by atoms with Crippen molar-refractivity contribution in [2.75, 3.05) is 20.3 Å². The van der Waals surface area contributed by atoms with E-state index in [1.165, 1.54) is 0 Å². The summed E-state index contributed by atoms with van der Waals surface area (Å²) in [6, 6.07) is 6.02. The molecule has 1 aromatic rings. The number of halogens is 1. The first kappa shape index (κ1) is 18.0. The normalized spacial score (nSPS) is 10.8. The van der Waals surface area contributed by atoms with Crippen molar-refractivity contribution >= 4 is 21.8 Å². The number of aliphatic hydroxyl groups is 1. The fourth-order valence-corrected chi connectivity index (χ4v) is 2.76. The maximum absolute atomic E-state index is 12.3. The molecule has 0 atom stereocenters. The maximum atomic E-state index is 12.3. The van der Waals surface area contributed by atoms with Crippen LogP contribution in [0.1, 0.15) is 32.3 Å². The van der Waals surface area contributed by atoms with Gasteiger partial charge < -0.3 is 14.7 Å². The molecule has 0 radical (unpaired) electrons. The van der Waals surface area contributed by atoms with Crippen LogP contribution in [0.15, 0.2) is 22.7 Å². The first-order valence-corrected chi connectivity index (χ1v) is 8.01. The van der Waals surface area contributed by atoms with E-state index in [4.69, 9.17) is 9.84 Å². The van der Waals surface area contributed by atoms with Crippen LogP contribution in [0.3, 0.4) is 0 Å². The zero-order valence-electron chi connectivity index (χ0n) is 12.9. The quantitative estimate of drug-likeness (QED) is 0.777. The zero-order valence-corrected chi connectivity index (χ0v) is 14.5. The highest BCUT2D eigenvalue weighted by Gasteiger charge is 2.16. The lowest BCUT2D eigenvalue weighted by atomic mass is 10.1. The third-order valence-corrected chi connectivity index (χ3v) is 3.96. The molecule has 1 aromatic carbocycles. The topological polar surface area (TPSA) is 49.8 Å². The summed E-state index contributed by atoms with van der Waals surface area (Å²) >= 11 is 3.45. The molecular formula is C16H24BrNO3. The molecule has 5 heteroatoms. The number of nitrogens with zero attached hydrogens (tertiary/aromatic N) is 1. The molecule has 0 aliphatic rings. The number of aliphatic hydroxyl groups excluding tert-OH is 1. The smallest absolute Gasteiger partial charge is 0.223 e. The maximum Gasteiger partial charge on any atom is 0.223 e. The van der Waals surface area contributed by atoms with Crippen LogP contribution in [-0.4, -0.2) is 42.2 Å².